The Labute approximate surface area is 91.5 Å². The molecule has 2 aromatic rings. The van der Waals surface area contributed by atoms with Gasteiger partial charge in [0.2, 0.25) is 6.20 Å². The van der Waals surface area contributed by atoms with E-state index in [0.717, 1.165) is 0 Å². The van der Waals surface area contributed by atoms with Gasteiger partial charge in [-0.05, 0) is 23.9 Å². The van der Waals surface area contributed by atoms with Crippen molar-refractivity contribution in [2.24, 2.45) is 0 Å². The number of nitrogens with one attached hydrogen (secondary N) is 1. The highest BCUT2D eigenvalue weighted by Gasteiger charge is 2.01. The van der Waals surface area contributed by atoms with E-state index >= 15 is 0 Å². The molecule has 0 fully saturated rings. The summed E-state index contributed by atoms with van der Waals surface area (Å²) in [6, 6.07) is 8.46. The van der Waals surface area contributed by atoms with Crippen LogP contribution < -0.4 is 10.1 Å². The first-order valence-corrected chi connectivity index (χ1v) is 5.39. The van der Waals surface area contributed by atoms with Crippen molar-refractivity contribution >= 4 is 10.8 Å². The number of hydrogen-bond acceptors (Lipinski definition) is 1. The molecule has 1 aromatic carbocycles. The van der Waals surface area contributed by atoms with Gasteiger partial charge in [-0.25, -0.2) is 0 Å². The second kappa shape index (κ2) is 5.35. The van der Waals surface area contributed by atoms with E-state index < -0.39 is 0 Å². The summed E-state index contributed by atoms with van der Waals surface area (Å²) < 4.78 is 1.95. The van der Waals surface area contributed by atoms with E-state index in [0.29, 0.717) is 0 Å². The molecule has 0 radical (unpaired) electrons. The average molecular weight is 203 g/mol. The summed E-state index contributed by atoms with van der Waals surface area (Å²) in [5, 5.41) is 2.57. The maximum absolute atomic E-state index is 3.06. The lowest BCUT2D eigenvalue weighted by Crippen LogP contribution is -2.41. The summed E-state index contributed by atoms with van der Waals surface area (Å²) in [6.45, 7) is 6.13. The summed E-state index contributed by atoms with van der Waals surface area (Å²) in [5.41, 5.74) is 4.38. The highest BCUT2D eigenvalue weighted by molar-refractivity contribution is 5.83. The fraction of sp³-hybridized carbons (Fsp3) is 0.308. The lowest BCUT2D eigenvalue weighted by molar-refractivity contribution is -0.646. The van der Waals surface area contributed by atoms with Crippen LogP contribution in [0.4, 0.5) is 0 Å². The minimum atomic E-state index is 1.26. The van der Waals surface area contributed by atoms with Crippen LogP contribution in [0.2, 0.25) is 0 Å². The van der Waals surface area contributed by atoms with Gasteiger partial charge in [0.1, 0.15) is 0 Å². The third-order valence-corrected chi connectivity index (χ3v) is 2.30. The first-order chi connectivity index (χ1) is 7.31. The Morgan fingerprint density at radius 1 is 1.13 bits per heavy atom. The highest BCUT2D eigenvalue weighted by atomic mass is 15.4. The van der Waals surface area contributed by atoms with Crippen LogP contribution in [-0.2, 0) is 0 Å². The van der Waals surface area contributed by atoms with Gasteiger partial charge in [-0.3, -0.25) is 0 Å². The number of fused-ring (bicyclic) bond motifs is 1. The van der Waals surface area contributed by atoms with Crippen molar-refractivity contribution in [3.8, 4) is 0 Å². The smallest absolute Gasteiger partial charge is 0.196 e. The summed E-state index contributed by atoms with van der Waals surface area (Å²) in [7, 11) is 1.90. The van der Waals surface area contributed by atoms with E-state index in [4.69, 9.17) is 0 Å². The Morgan fingerprint density at radius 2 is 1.87 bits per heavy atom. The van der Waals surface area contributed by atoms with Crippen LogP contribution in [0.15, 0.2) is 36.7 Å². The number of aromatic nitrogens is 1. The quantitative estimate of drug-likeness (QED) is 0.705. The lowest BCUT2D eigenvalue weighted by Gasteiger charge is -1.99. The van der Waals surface area contributed by atoms with Crippen molar-refractivity contribution in [1.29, 1.82) is 0 Å². The van der Waals surface area contributed by atoms with Crippen molar-refractivity contribution in [2.75, 3.05) is 12.5 Å². The van der Waals surface area contributed by atoms with Gasteiger partial charge in [0.25, 0.3) is 0 Å². The molecular formula is C13H19N2+. The van der Waals surface area contributed by atoms with Gasteiger partial charge in [0.05, 0.1) is 7.05 Å². The number of pyridine rings is 1. The zero-order valence-electron chi connectivity index (χ0n) is 9.91. The Hall–Kier alpha value is -1.57. The fourth-order valence-corrected chi connectivity index (χ4v) is 1.53. The molecule has 1 heterocycles. The molecule has 80 valence electrons. The molecule has 0 aliphatic heterocycles. The monoisotopic (exact) mass is 203 g/mol. The molecule has 1 aromatic heterocycles. The molecule has 2 rings (SSSR count). The van der Waals surface area contributed by atoms with Crippen LogP contribution in [-0.4, -0.2) is 7.05 Å². The predicted octanol–water partition coefficient (Wildman–Crippen LogP) is 2.64. The molecule has 0 saturated carbocycles. The molecule has 0 aliphatic carbocycles. The molecule has 0 saturated heterocycles. The first kappa shape index (κ1) is 11.5. The number of benzene rings is 1. The van der Waals surface area contributed by atoms with E-state index in [-0.39, 0.29) is 0 Å². The fourth-order valence-electron chi connectivity index (χ4n) is 1.53. The largest absolute Gasteiger partial charge is 0.207 e. The Bertz CT molecular complexity index is 435. The zero-order chi connectivity index (χ0) is 11.3. The number of nitrogens with zero attached hydrogens (tertiary/aromatic N) is 1. The number of rotatable bonds is 1. The van der Waals surface area contributed by atoms with Gasteiger partial charge in [0, 0.05) is 11.5 Å². The summed E-state index contributed by atoms with van der Waals surface area (Å²) in [6.07, 6.45) is 4.11. The zero-order valence-corrected chi connectivity index (χ0v) is 9.91. The second-order valence-corrected chi connectivity index (χ2v) is 3.15. The minimum absolute atomic E-state index is 1.26. The molecular weight excluding hydrogens is 184 g/mol. The Morgan fingerprint density at radius 3 is 2.53 bits per heavy atom. The van der Waals surface area contributed by atoms with Gasteiger partial charge in [-0.15, -0.1) is 0 Å². The molecule has 2 heteroatoms. The average Bonchev–Trinajstić information content (AvgIpc) is 2.31. The molecule has 0 unspecified atom stereocenters. The van der Waals surface area contributed by atoms with Crippen LogP contribution in [0.5, 0.6) is 0 Å². The molecule has 1 N–H and O–H groups in total. The standard InChI is InChI=1S/C11H13N2.C2H6/c1-9-4-3-5-10-8-13(12-2)7-6-11(9)10;1-2/h3-8,12H,1-2H3;1-2H3/q+1;. The van der Waals surface area contributed by atoms with E-state index in [1.165, 1.54) is 16.3 Å². The van der Waals surface area contributed by atoms with E-state index in [1.54, 1.807) is 0 Å². The molecule has 15 heavy (non-hydrogen) atoms. The Kier molecular flexibility index (Phi) is 4.10. The third kappa shape index (κ3) is 2.46. The van der Waals surface area contributed by atoms with Gasteiger partial charge in [-0.1, -0.05) is 30.7 Å². The van der Waals surface area contributed by atoms with Crippen molar-refractivity contribution in [2.45, 2.75) is 20.8 Å². The predicted molar refractivity (Wildman–Crippen MR) is 65.5 cm³/mol. The summed E-state index contributed by atoms with van der Waals surface area (Å²) in [4.78, 5) is 0. The maximum atomic E-state index is 3.06. The van der Waals surface area contributed by atoms with Gasteiger partial charge in [0.15, 0.2) is 6.20 Å². The number of aryl methyl sites for hydroxylation is 1. The van der Waals surface area contributed by atoms with Gasteiger partial charge < -0.3 is 0 Å². The summed E-state index contributed by atoms with van der Waals surface area (Å²) >= 11 is 0. The molecule has 0 bridgehead atoms. The van der Waals surface area contributed by atoms with E-state index in [9.17, 15) is 0 Å². The molecule has 0 amide bonds. The first-order valence-electron chi connectivity index (χ1n) is 5.39. The van der Waals surface area contributed by atoms with Crippen LogP contribution in [0.1, 0.15) is 19.4 Å². The molecule has 0 spiro atoms. The second-order valence-electron chi connectivity index (χ2n) is 3.15. The van der Waals surface area contributed by atoms with Crippen molar-refractivity contribution < 1.29 is 4.68 Å². The highest BCUT2D eigenvalue weighted by Crippen LogP contribution is 2.14. The Balaban J connectivity index is 0.000000531. The van der Waals surface area contributed by atoms with Crippen LogP contribution in [0.3, 0.4) is 0 Å². The topological polar surface area (TPSA) is 15.9 Å². The van der Waals surface area contributed by atoms with Crippen molar-refractivity contribution in [1.82, 2.24) is 0 Å². The molecule has 0 aliphatic rings. The normalized spacial score (nSPS) is 9.33. The van der Waals surface area contributed by atoms with Crippen molar-refractivity contribution in [3.05, 3.63) is 42.2 Å². The van der Waals surface area contributed by atoms with Crippen LogP contribution in [0, 0.1) is 6.92 Å². The maximum Gasteiger partial charge on any atom is 0.207 e. The third-order valence-electron chi connectivity index (χ3n) is 2.30. The van der Waals surface area contributed by atoms with E-state index in [1.807, 2.05) is 31.8 Å². The summed E-state index contributed by atoms with van der Waals surface area (Å²) in [5.74, 6) is 0. The van der Waals surface area contributed by atoms with Crippen LogP contribution in [0.25, 0.3) is 10.8 Å². The van der Waals surface area contributed by atoms with Crippen molar-refractivity contribution in [3.63, 3.8) is 0 Å². The molecule has 0 atom stereocenters. The minimum Gasteiger partial charge on any atom is -0.196 e. The van der Waals surface area contributed by atoms with E-state index in [2.05, 4.69) is 42.8 Å². The number of hydrogen-bond donors (Lipinski definition) is 1. The van der Waals surface area contributed by atoms with Crippen LogP contribution >= 0.6 is 0 Å². The molecule has 2 nitrogen and oxygen atoms in total. The lowest BCUT2D eigenvalue weighted by atomic mass is 10.1. The van der Waals surface area contributed by atoms with Gasteiger partial charge >= 0.3 is 0 Å². The van der Waals surface area contributed by atoms with Gasteiger partial charge in [-0.2, -0.15) is 5.43 Å². The SMILES string of the molecule is CC.CN[n+]1ccc2c(C)cccc2c1.